The first-order valence-electron chi connectivity index (χ1n) is 10.8. The van der Waals surface area contributed by atoms with E-state index in [1.54, 1.807) is 6.20 Å². The highest BCUT2D eigenvalue weighted by Gasteiger charge is 2.27. The molecule has 6 heteroatoms. The number of anilines is 1. The van der Waals surface area contributed by atoms with Gasteiger partial charge in [-0.25, -0.2) is 9.67 Å². The summed E-state index contributed by atoms with van der Waals surface area (Å²) in [6, 6.07) is 12.2. The molecule has 0 spiro atoms. The van der Waals surface area contributed by atoms with Crippen LogP contribution in [0.25, 0.3) is 22.3 Å². The lowest BCUT2D eigenvalue weighted by Crippen LogP contribution is -2.35. The van der Waals surface area contributed by atoms with Gasteiger partial charge in [-0.15, -0.1) is 0 Å². The minimum Gasteiger partial charge on any atom is -0.466 e. The standard InChI is InChI=1S/C25H26N4O2/c1-15(2)29-24-21(14-26-29)20(13-22(27-24)19-12-16(3)31-17(19)4)25(30)28-11-7-9-18-8-5-6-10-23(18)28/h5-6,8,10,12-15H,7,9,11H2,1-4H3. The number of carbonyl (C=O) groups excluding carboxylic acids is 1. The molecule has 0 atom stereocenters. The Kier molecular flexibility index (Phi) is 4.65. The quantitative estimate of drug-likeness (QED) is 0.445. The first kappa shape index (κ1) is 19.5. The highest BCUT2D eigenvalue weighted by Crippen LogP contribution is 2.33. The summed E-state index contributed by atoms with van der Waals surface area (Å²) in [7, 11) is 0. The number of aromatic nitrogens is 3. The van der Waals surface area contributed by atoms with Crippen molar-refractivity contribution in [2.24, 2.45) is 0 Å². The number of benzene rings is 1. The van der Waals surface area contributed by atoms with Gasteiger partial charge in [-0.05, 0) is 64.3 Å². The molecule has 1 aliphatic heterocycles. The smallest absolute Gasteiger partial charge is 0.259 e. The summed E-state index contributed by atoms with van der Waals surface area (Å²) in [5.74, 6) is 1.60. The number of hydrogen-bond acceptors (Lipinski definition) is 4. The number of furan rings is 1. The SMILES string of the molecule is Cc1cc(-c2cc(C(=O)N3CCCc4ccccc43)c3cnn(C(C)C)c3n2)c(C)o1. The Morgan fingerprint density at radius 1 is 1.16 bits per heavy atom. The third-order valence-electron chi connectivity index (χ3n) is 5.96. The van der Waals surface area contributed by atoms with Gasteiger partial charge in [0.15, 0.2) is 5.65 Å². The number of pyridine rings is 1. The van der Waals surface area contributed by atoms with Crippen LogP contribution in [0.2, 0.25) is 0 Å². The van der Waals surface area contributed by atoms with Crippen LogP contribution < -0.4 is 4.90 Å². The molecule has 1 aromatic carbocycles. The second-order valence-electron chi connectivity index (χ2n) is 8.49. The number of nitrogens with zero attached hydrogens (tertiary/aromatic N) is 4. The number of rotatable bonds is 3. The van der Waals surface area contributed by atoms with Gasteiger partial charge in [-0.2, -0.15) is 5.10 Å². The second kappa shape index (κ2) is 7.38. The van der Waals surface area contributed by atoms with Gasteiger partial charge in [0.05, 0.1) is 22.8 Å². The number of hydrogen-bond donors (Lipinski definition) is 0. The first-order chi connectivity index (χ1) is 14.9. The third-order valence-corrected chi connectivity index (χ3v) is 5.96. The lowest BCUT2D eigenvalue weighted by Gasteiger charge is -2.29. The van der Waals surface area contributed by atoms with Gasteiger partial charge in [0.2, 0.25) is 0 Å². The first-order valence-corrected chi connectivity index (χ1v) is 10.8. The average molecular weight is 415 g/mol. The van der Waals surface area contributed by atoms with Crippen molar-refractivity contribution in [2.45, 2.75) is 46.6 Å². The van der Waals surface area contributed by atoms with Gasteiger partial charge in [0, 0.05) is 23.8 Å². The molecule has 0 unspecified atom stereocenters. The van der Waals surface area contributed by atoms with Crippen molar-refractivity contribution < 1.29 is 9.21 Å². The van der Waals surface area contributed by atoms with E-state index >= 15 is 0 Å². The summed E-state index contributed by atoms with van der Waals surface area (Å²) in [4.78, 5) is 20.7. The van der Waals surface area contributed by atoms with Gasteiger partial charge < -0.3 is 9.32 Å². The van der Waals surface area contributed by atoms with Crippen molar-refractivity contribution in [3.63, 3.8) is 0 Å². The topological polar surface area (TPSA) is 64.2 Å². The predicted molar refractivity (Wildman–Crippen MR) is 122 cm³/mol. The fourth-order valence-corrected chi connectivity index (χ4v) is 4.49. The lowest BCUT2D eigenvalue weighted by atomic mass is 10.00. The van der Waals surface area contributed by atoms with Crippen LogP contribution in [0.5, 0.6) is 0 Å². The molecule has 1 amide bonds. The highest BCUT2D eigenvalue weighted by atomic mass is 16.3. The molecule has 31 heavy (non-hydrogen) atoms. The molecule has 0 saturated heterocycles. The Balaban J connectivity index is 1.71. The van der Waals surface area contributed by atoms with E-state index in [-0.39, 0.29) is 11.9 Å². The van der Waals surface area contributed by atoms with Crippen LogP contribution in [0.1, 0.15) is 53.8 Å². The summed E-state index contributed by atoms with van der Waals surface area (Å²) >= 11 is 0. The molecule has 5 rings (SSSR count). The van der Waals surface area contributed by atoms with E-state index < -0.39 is 0 Å². The van der Waals surface area contributed by atoms with E-state index in [1.807, 2.05) is 53.8 Å². The van der Waals surface area contributed by atoms with Crippen LogP contribution in [0.4, 0.5) is 5.69 Å². The molecular formula is C25H26N4O2. The summed E-state index contributed by atoms with van der Waals surface area (Å²) in [6.45, 7) is 8.68. The minimum absolute atomic E-state index is 0.0121. The van der Waals surface area contributed by atoms with Crippen molar-refractivity contribution in [2.75, 3.05) is 11.4 Å². The molecule has 158 valence electrons. The largest absolute Gasteiger partial charge is 0.466 e. The number of carbonyl (C=O) groups is 1. The lowest BCUT2D eigenvalue weighted by molar-refractivity contribution is 0.0986. The number of aryl methyl sites for hydroxylation is 3. The van der Waals surface area contributed by atoms with E-state index in [4.69, 9.17) is 9.40 Å². The third kappa shape index (κ3) is 3.23. The van der Waals surface area contributed by atoms with Crippen molar-refractivity contribution in [3.8, 4) is 11.3 Å². The zero-order valence-electron chi connectivity index (χ0n) is 18.3. The molecule has 0 N–H and O–H groups in total. The van der Waals surface area contributed by atoms with E-state index in [0.29, 0.717) is 12.1 Å². The van der Waals surface area contributed by atoms with E-state index in [9.17, 15) is 4.79 Å². The van der Waals surface area contributed by atoms with Crippen LogP contribution in [-0.2, 0) is 6.42 Å². The fraction of sp³-hybridized carbons (Fsp3) is 0.320. The summed E-state index contributed by atoms with van der Waals surface area (Å²) in [5.41, 5.74) is 5.20. The number of para-hydroxylation sites is 1. The maximum atomic E-state index is 13.9. The summed E-state index contributed by atoms with van der Waals surface area (Å²) in [6.07, 6.45) is 3.72. The van der Waals surface area contributed by atoms with E-state index in [1.165, 1.54) is 5.56 Å². The summed E-state index contributed by atoms with van der Waals surface area (Å²) in [5, 5.41) is 5.33. The molecule has 0 bridgehead atoms. The van der Waals surface area contributed by atoms with E-state index in [0.717, 1.165) is 52.3 Å². The molecule has 4 aromatic rings. The molecule has 1 aliphatic rings. The van der Waals surface area contributed by atoms with Gasteiger partial charge in [0.1, 0.15) is 11.5 Å². The highest BCUT2D eigenvalue weighted by molar-refractivity contribution is 6.14. The van der Waals surface area contributed by atoms with Crippen molar-refractivity contribution in [1.29, 1.82) is 0 Å². The average Bonchev–Trinajstić information content (AvgIpc) is 3.34. The number of fused-ring (bicyclic) bond motifs is 2. The predicted octanol–water partition coefficient (Wildman–Crippen LogP) is 5.48. The molecule has 3 aromatic heterocycles. The molecule has 0 aliphatic carbocycles. The zero-order chi connectivity index (χ0) is 21.7. The van der Waals surface area contributed by atoms with Gasteiger partial charge in [0.25, 0.3) is 5.91 Å². The molecule has 0 fully saturated rings. The second-order valence-corrected chi connectivity index (χ2v) is 8.49. The van der Waals surface area contributed by atoms with Crippen LogP contribution >= 0.6 is 0 Å². The maximum Gasteiger partial charge on any atom is 0.259 e. The fourth-order valence-electron chi connectivity index (χ4n) is 4.49. The minimum atomic E-state index is -0.0121. The van der Waals surface area contributed by atoms with Crippen molar-refractivity contribution >= 4 is 22.6 Å². The zero-order valence-corrected chi connectivity index (χ0v) is 18.3. The number of amides is 1. The molecule has 6 nitrogen and oxygen atoms in total. The Bertz CT molecular complexity index is 1300. The van der Waals surface area contributed by atoms with Gasteiger partial charge >= 0.3 is 0 Å². The normalized spacial score (nSPS) is 13.8. The van der Waals surface area contributed by atoms with Gasteiger partial charge in [-0.3, -0.25) is 4.79 Å². The Morgan fingerprint density at radius 2 is 1.97 bits per heavy atom. The Hall–Kier alpha value is -3.41. The monoisotopic (exact) mass is 414 g/mol. The van der Waals surface area contributed by atoms with Crippen LogP contribution in [-0.4, -0.2) is 27.2 Å². The van der Waals surface area contributed by atoms with Crippen LogP contribution in [0.15, 0.2) is 47.0 Å². The Labute approximate surface area is 181 Å². The van der Waals surface area contributed by atoms with Crippen LogP contribution in [0, 0.1) is 13.8 Å². The molecular weight excluding hydrogens is 388 g/mol. The van der Waals surface area contributed by atoms with Gasteiger partial charge in [-0.1, -0.05) is 18.2 Å². The van der Waals surface area contributed by atoms with Crippen molar-refractivity contribution in [1.82, 2.24) is 14.8 Å². The molecule has 0 radical (unpaired) electrons. The van der Waals surface area contributed by atoms with Crippen molar-refractivity contribution in [3.05, 3.63) is 65.2 Å². The molecule has 0 saturated carbocycles. The maximum absolute atomic E-state index is 13.9. The van der Waals surface area contributed by atoms with E-state index in [2.05, 4.69) is 25.0 Å². The molecule has 4 heterocycles. The summed E-state index contributed by atoms with van der Waals surface area (Å²) < 4.78 is 7.62. The Morgan fingerprint density at radius 3 is 2.71 bits per heavy atom. The van der Waals surface area contributed by atoms with Crippen LogP contribution in [0.3, 0.4) is 0 Å².